The molecule has 8 nitrogen and oxygen atoms in total. The maximum atomic E-state index is 14.3. The average molecular weight is 713 g/mol. The Bertz CT molecular complexity index is 1740. The number of carbonyl (C=O) groups is 2. The van der Waals surface area contributed by atoms with Crippen molar-refractivity contribution in [3.63, 3.8) is 0 Å². The van der Waals surface area contributed by atoms with Crippen LogP contribution in [0.25, 0.3) is 11.0 Å². The summed E-state index contributed by atoms with van der Waals surface area (Å²) in [7, 11) is -1.41. The van der Waals surface area contributed by atoms with E-state index in [0.29, 0.717) is 42.5 Å². The molecule has 1 saturated carbocycles. The van der Waals surface area contributed by atoms with Crippen LogP contribution in [0.5, 0.6) is 0 Å². The second kappa shape index (κ2) is 16.2. The van der Waals surface area contributed by atoms with E-state index >= 15 is 0 Å². The Hall–Kier alpha value is -4.23. The molecule has 0 N–H and O–H groups in total. The molecule has 0 radical (unpaired) electrons. The van der Waals surface area contributed by atoms with Gasteiger partial charge in [0.15, 0.2) is 0 Å². The van der Waals surface area contributed by atoms with E-state index in [1.807, 2.05) is 30.3 Å². The third-order valence-electron chi connectivity index (χ3n) is 8.90. The minimum atomic E-state index is -4.68. The fourth-order valence-corrected chi connectivity index (χ4v) is 7.08. The van der Waals surface area contributed by atoms with Crippen LogP contribution in [0, 0.1) is 5.82 Å². The lowest BCUT2D eigenvalue weighted by Crippen LogP contribution is -2.52. The van der Waals surface area contributed by atoms with E-state index in [-0.39, 0.29) is 32.0 Å². The zero-order valence-corrected chi connectivity index (χ0v) is 29.7. The smallest absolute Gasteiger partial charge is 0.410 e. The summed E-state index contributed by atoms with van der Waals surface area (Å²) >= 11 is 0. The standard InChI is InChI=1S/C37H44F4N4O4Si/c1-50(2,3)19-18-48-26-45-33-16-9-17-42-32(33)22-34(45)35(46)44(25-37(39,40)41)31-15-8-14-30(21-31)43(23-28-12-7-13-29(38)20-28)36(47)49-24-27-10-5-4-6-11-27/h4-7,9-13,16-17,20,22,30-31H,8,14-15,18-19,21,23-26H2,1-3H3/t30-,31+/m1/s1. The summed E-state index contributed by atoms with van der Waals surface area (Å²) in [6.07, 6.45) is -2.43. The molecular formula is C37H44F4N4O4Si. The molecule has 0 spiro atoms. The molecule has 0 saturated heterocycles. The Labute approximate surface area is 291 Å². The van der Waals surface area contributed by atoms with Gasteiger partial charge in [0, 0.05) is 39.5 Å². The van der Waals surface area contributed by atoms with E-state index in [1.165, 1.54) is 29.2 Å². The molecule has 1 fully saturated rings. The number of aromatic nitrogens is 2. The first-order valence-electron chi connectivity index (χ1n) is 16.9. The predicted molar refractivity (Wildman–Crippen MR) is 186 cm³/mol. The number of hydrogen-bond donors (Lipinski definition) is 0. The average Bonchev–Trinajstić information content (AvgIpc) is 3.45. The second-order valence-corrected chi connectivity index (χ2v) is 19.7. The van der Waals surface area contributed by atoms with Crippen LogP contribution in [-0.2, 0) is 29.4 Å². The number of rotatable bonds is 13. The van der Waals surface area contributed by atoms with Crippen molar-refractivity contribution in [3.05, 3.63) is 102 Å². The maximum Gasteiger partial charge on any atom is 0.410 e. The topological polar surface area (TPSA) is 76.9 Å². The van der Waals surface area contributed by atoms with Gasteiger partial charge in [-0.2, -0.15) is 13.2 Å². The van der Waals surface area contributed by atoms with E-state index < -0.39 is 50.7 Å². The van der Waals surface area contributed by atoms with Crippen molar-refractivity contribution in [2.24, 2.45) is 0 Å². The van der Waals surface area contributed by atoms with Crippen LogP contribution in [0.2, 0.25) is 25.7 Å². The quantitative estimate of drug-likeness (QED) is 0.0788. The zero-order chi connectivity index (χ0) is 35.9. The molecule has 1 aliphatic rings. The number of alkyl halides is 3. The van der Waals surface area contributed by atoms with Crippen LogP contribution in [0.15, 0.2) is 79.0 Å². The van der Waals surface area contributed by atoms with Gasteiger partial charge in [0.2, 0.25) is 0 Å². The zero-order valence-electron chi connectivity index (χ0n) is 28.7. The molecule has 50 heavy (non-hydrogen) atoms. The first-order chi connectivity index (χ1) is 23.8. The fourth-order valence-electron chi connectivity index (χ4n) is 6.33. The Kier molecular flexibility index (Phi) is 12.0. The van der Waals surface area contributed by atoms with E-state index in [2.05, 4.69) is 24.6 Å². The van der Waals surface area contributed by atoms with Crippen molar-refractivity contribution in [2.75, 3.05) is 13.2 Å². The fraction of sp³-hybridized carbons (Fsp3) is 0.432. The van der Waals surface area contributed by atoms with Gasteiger partial charge in [0.1, 0.15) is 31.4 Å². The minimum Gasteiger partial charge on any atom is -0.445 e. The Morgan fingerprint density at radius 1 is 0.940 bits per heavy atom. The van der Waals surface area contributed by atoms with Gasteiger partial charge in [-0.05, 0) is 73.2 Å². The number of nitrogens with zero attached hydrogens (tertiary/aromatic N) is 4. The lowest BCUT2D eigenvalue weighted by molar-refractivity contribution is -0.146. The summed E-state index contributed by atoms with van der Waals surface area (Å²) in [5, 5.41) is 0. The second-order valence-electron chi connectivity index (χ2n) is 14.0. The maximum absolute atomic E-state index is 14.3. The van der Waals surface area contributed by atoms with Gasteiger partial charge in [0.05, 0.1) is 11.0 Å². The third-order valence-corrected chi connectivity index (χ3v) is 10.6. The van der Waals surface area contributed by atoms with Crippen LogP contribution < -0.4 is 0 Å². The molecule has 0 aliphatic heterocycles. The van der Waals surface area contributed by atoms with Crippen LogP contribution in [0.1, 0.15) is 47.3 Å². The molecule has 2 atom stereocenters. The molecular weight excluding hydrogens is 669 g/mol. The van der Waals surface area contributed by atoms with Crippen LogP contribution >= 0.6 is 0 Å². The molecule has 2 heterocycles. The summed E-state index contributed by atoms with van der Waals surface area (Å²) in [6, 6.07) is 19.4. The molecule has 0 unspecified atom stereocenters. The molecule has 268 valence electrons. The number of halogens is 4. The highest BCUT2D eigenvalue weighted by atomic mass is 28.3. The molecule has 13 heteroatoms. The molecule has 0 bridgehead atoms. The largest absolute Gasteiger partial charge is 0.445 e. The Morgan fingerprint density at radius 2 is 1.66 bits per heavy atom. The van der Waals surface area contributed by atoms with Crippen molar-refractivity contribution in [1.82, 2.24) is 19.4 Å². The molecule has 2 aromatic heterocycles. The van der Waals surface area contributed by atoms with Crippen LogP contribution in [-0.4, -0.2) is 70.8 Å². The highest BCUT2D eigenvalue weighted by Gasteiger charge is 2.41. The number of amides is 2. The van der Waals surface area contributed by atoms with Crippen molar-refractivity contribution in [1.29, 1.82) is 0 Å². The summed E-state index contributed by atoms with van der Waals surface area (Å²) in [6.45, 7) is 5.62. The highest BCUT2D eigenvalue weighted by Crippen LogP contribution is 2.32. The van der Waals surface area contributed by atoms with E-state index in [1.54, 1.807) is 29.0 Å². The summed E-state index contributed by atoms with van der Waals surface area (Å²) in [4.78, 5) is 34.6. The first-order valence-corrected chi connectivity index (χ1v) is 20.6. The minimum absolute atomic E-state index is 0.00719. The number of hydrogen-bond acceptors (Lipinski definition) is 5. The Balaban J connectivity index is 1.42. The first kappa shape index (κ1) is 37.0. The van der Waals surface area contributed by atoms with E-state index in [9.17, 15) is 27.2 Å². The van der Waals surface area contributed by atoms with Gasteiger partial charge < -0.3 is 23.8 Å². The number of ether oxygens (including phenoxy) is 2. The molecule has 2 aromatic carbocycles. The summed E-state index contributed by atoms with van der Waals surface area (Å²) in [5.41, 5.74) is 2.39. The predicted octanol–water partition coefficient (Wildman–Crippen LogP) is 8.64. The number of benzene rings is 2. The molecule has 2 amide bonds. The van der Waals surface area contributed by atoms with Crippen molar-refractivity contribution >= 4 is 31.1 Å². The molecule has 5 rings (SSSR count). The highest BCUT2D eigenvalue weighted by molar-refractivity contribution is 6.76. The normalized spacial score (nSPS) is 16.7. The SMILES string of the molecule is C[Si](C)(C)CCOCn1c(C(=O)N(CC(F)(F)F)[C@H]2CCC[C@@H](N(Cc3cccc(F)c3)C(=O)OCc3ccccc3)C2)cc2ncccc21. The van der Waals surface area contributed by atoms with Crippen molar-refractivity contribution in [3.8, 4) is 0 Å². The number of fused-ring (bicyclic) bond motifs is 1. The van der Waals surface area contributed by atoms with Gasteiger partial charge in [-0.1, -0.05) is 62.1 Å². The summed E-state index contributed by atoms with van der Waals surface area (Å²) < 4.78 is 70.0. The number of carbonyl (C=O) groups excluding carboxylic acids is 2. The monoisotopic (exact) mass is 712 g/mol. The lowest BCUT2D eigenvalue weighted by atomic mass is 9.88. The van der Waals surface area contributed by atoms with E-state index in [0.717, 1.165) is 16.5 Å². The van der Waals surface area contributed by atoms with Crippen molar-refractivity contribution < 1.29 is 36.6 Å². The third kappa shape index (κ3) is 10.2. The van der Waals surface area contributed by atoms with Gasteiger partial charge >= 0.3 is 12.3 Å². The van der Waals surface area contributed by atoms with Gasteiger partial charge in [-0.25, -0.2) is 9.18 Å². The van der Waals surface area contributed by atoms with Gasteiger partial charge in [0.25, 0.3) is 5.91 Å². The van der Waals surface area contributed by atoms with Crippen LogP contribution in [0.3, 0.4) is 0 Å². The Morgan fingerprint density at radius 3 is 2.36 bits per heavy atom. The van der Waals surface area contributed by atoms with Crippen LogP contribution in [0.4, 0.5) is 22.4 Å². The number of pyridine rings is 1. The van der Waals surface area contributed by atoms with Gasteiger partial charge in [-0.15, -0.1) is 0 Å². The van der Waals surface area contributed by atoms with E-state index in [4.69, 9.17) is 9.47 Å². The summed E-state index contributed by atoms with van der Waals surface area (Å²) in [5.74, 6) is -1.26. The lowest BCUT2D eigenvalue weighted by Gasteiger charge is -2.41. The molecule has 1 aliphatic carbocycles. The molecule has 4 aromatic rings. The van der Waals surface area contributed by atoms with Gasteiger partial charge in [-0.3, -0.25) is 9.78 Å². The van der Waals surface area contributed by atoms with Crippen molar-refractivity contribution in [2.45, 2.75) is 89.5 Å².